The van der Waals surface area contributed by atoms with Gasteiger partial charge in [0.2, 0.25) is 0 Å². The molecule has 0 bridgehead atoms. The van der Waals surface area contributed by atoms with Crippen LogP contribution in [0.1, 0.15) is 23.3 Å². The van der Waals surface area contributed by atoms with Gasteiger partial charge in [0, 0.05) is 35.1 Å². The van der Waals surface area contributed by atoms with E-state index >= 15 is 0 Å². The number of aromatic nitrogens is 1. The lowest BCUT2D eigenvalue weighted by atomic mass is 9.96. The van der Waals surface area contributed by atoms with Crippen molar-refractivity contribution in [2.24, 2.45) is 0 Å². The highest BCUT2D eigenvalue weighted by atomic mass is 32.1. The number of hydrogen-bond donors (Lipinski definition) is 3. The van der Waals surface area contributed by atoms with Crippen LogP contribution in [0.2, 0.25) is 0 Å². The first-order chi connectivity index (χ1) is 13.1. The molecule has 0 spiro atoms. The third-order valence-corrected chi connectivity index (χ3v) is 6.11. The number of nitrogens with zero attached hydrogens (tertiary/aromatic N) is 1. The third-order valence-electron chi connectivity index (χ3n) is 5.12. The van der Waals surface area contributed by atoms with Crippen LogP contribution >= 0.6 is 11.3 Å². The van der Waals surface area contributed by atoms with Gasteiger partial charge in [0.1, 0.15) is 0 Å². The SMILES string of the molecule is C[C@H]([NH2+]C[C@@H](c1cccs1)c1c[nH]c2ccccc12)C(=O)N1CCNC1=O. The first kappa shape index (κ1) is 17.8. The Kier molecular flexibility index (Phi) is 4.96. The van der Waals surface area contributed by atoms with Gasteiger partial charge in [0.05, 0.1) is 12.5 Å². The summed E-state index contributed by atoms with van der Waals surface area (Å²) in [6.45, 7) is 3.59. The fraction of sp³-hybridized carbons (Fsp3) is 0.300. The van der Waals surface area contributed by atoms with E-state index in [9.17, 15) is 9.59 Å². The Labute approximate surface area is 161 Å². The monoisotopic (exact) mass is 383 g/mol. The van der Waals surface area contributed by atoms with Crippen LogP contribution in [0, 0.1) is 0 Å². The number of imide groups is 1. The van der Waals surface area contributed by atoms with Crippen molar-refractivity contribution < 1.29 is 14.9 Å². The molecule has 3 heterocycles. The molecule has 6 nitrogen and oxygen atoms in total. The molecular formula is C20H23N4O2S+. The Morgan fingerprint density at radius 1 is 1.30 bits per heavy atom. The van der Waals surface area contributed by atoms with E-state index in [1.807, 2.05) is 24.4 Å². The Balaban J connectivity index is 1.54. The van der Waals surface area contributed by atoms with Crippen LogP contribution in [-0.4, -0.2) is 47.5 Å². The maximum atomic E-state index is 12.6. The maximum Gasteiger partial charge on any atom is 0.324 e. The summed E-state index contributed by atoms with van der Waals surface area (Å²) in [5.41, 5.74) is 2.36. The van der Waals surface area contributed by atoms with E-state index in [2.05, 4.69) is 46.1 Å². The highest BCUT2D eigenvalue weighted by Crippen LogP contribution is 2.32. The van der Waals surface area contributed by atoms with Crippen molar-refractivity contribution in [3.05, 3.63) is 58.4 Å². The molecule has 0 unspecified atom stereocenters. The second-order valence-corrected chi connectivity index (χ2v) is 7.82. The van der Waals surface area contributed by atoms with Crippen LogP contribution < -0.4 is 10.6 Å². The van der Waals surface area contributed by atoms with Gasteiger partial charge in [-0.15, -0.1) is 11.3 Å². The number of H-pyrrole nitrogens is 1. The minimum Gasteiger partial charge on any atom is -0.361 e. The Hall–Kier alpha value is -2.64. The van der Waals surface area contributed by atoms with Crippen molar-refractivity contribution in [2.75, 3.05) is 19.6 Å². The number of thiophene rings is 1. The summed E-state index contributed by atoms with van der Waals surface area (Å²) in [5.74, 6) is 0.0534. The van der Waals surface area contributed by atoms with E-state index in [1.54, 1.807) is 11.3 Å². The van der Waals surface area contributed by atoms with Crippen LogP contribution in [0.5, 0.6) is 0 Å². The lowest BCUT2D eigenvalue weighted by Crippen LogP contribution is -2.92. The Morgan fingerprint density at radius 2 is 2.15 bits per heavy atom. The first-order valence-corrected chi connectivity index (χ1v) is 10.0. The van der Waals surface area contributed by atoms with Crippen LogP contribution in [-0.2, 0) is 4.79 Å². The van der Waals surface area contributed by atoms with Gasteiger partial charge in [-0.3, -0.25) is 9.69 Å². The number of urea groups is 1. The molecule has 0 radical (unpaired) electrons. The number of hydrogen-bond acceptors (Lipinski definition) is 3. The van der Waals surface area contributed by atoms with Gasteiger partial charge in [-0.25, -0.2) is 4.79 Å². The molecule has 140 valence electrons. The number of carbonyl (C=O) groups excluding carboxylic acids is 2. The summed E-state index contributed by atoms with van der Waals surface area (Å²) >= 11 is 1.73. The molecule has 1 saturated heterocycles. The van der Waals surface area contributed by atoms with E-state index < -0.39 is 0 Å². The number of nitrogens with one attached hydrogen (secondary N) is 2. The van der Waals surface area contributed by atoms with Crippen molar-refractivity contribution in [3.8, 4) is 0 Å². The molecule has 1 aliphatic rings. The number of para-hydroxylation sites is 1. The zero-order valence-corrected chi connectivity index (χ0v) is 16.0. The van der Waals surface area contributed by atoms with Crippen molar-refractivity contribution in [1.29, 1.82) is 0 Å². The Morgan fingerprint density at radius 3 is 2.89 bits per heavy atom. The Bertz CT molecular complexity index is 950. The third kappa shape index (κ3) is 3.48. The molecule has 3 amide bonds. The van der Waals surface area contributed by atoms with E-state index in [-0.39, 0.29) is 23.9 Å². The summed E-state index contributed by atoms with van der Waals surface area (Å²) in [4.78, 5) is 30.3. The molecule has 4 rings (SSSR count). The number of nitrogens with two attached hydrogens (primary N) is 1. The van der Waals surface area contributed by atoms with E-state index in [4.69, 9.17) is 0 Å². The molecule has 2 aromatic heterocycles. The number of rotatable bonds is 6. The van der Waals surface area contributed by atoms with E-state index in [0.29, 0.717) is 13.1 Å². The van der Waals surface area contributed by atoms with Crippen LogP contribution in [0.4, 0.5) is 4.79 Å². The van der Waals surface area contributed by atoms with Gasteiger partial charge in [-0.2, -0.15) is 0 Å². The van der Waals surface area contributed by atoms with Gasteiger partial charge in [0.15, 0.2) is 6.04 Å². The smallest absolute Gasteiger partial charge is 0.324 e. The predicted octanol–water partition coefficient (Wildman–Crippen LogP) is 1.86. The van der Waals surface area contributed by atoms with Crippen LogP contribution in [0.3, 0.4) is 0 Å². The van der Waals surface area contributed by atoms with Crippen molar-refractivity contribution in [3.63, 3.8) is 0 Å². The van der Waals surface area contributed by atoms with Crippen molar-refractivity contribution >= 4 is 34.2 Å². The van der Waals surface area contributed by atoms with Crippen LogP contribution in [0.25, 0.3) is 10.9 Å². The first-order valence-electron chi connectivity index (χ1n) is 9.17. The standard InChI is InChI=1S/C20H22N4O2S/c1-13(19(25)24-9-8-21-20(24)26)22-12-16(18-7-4-10-27-18)15-11-23-17-6-3-2-5-14(15)17/h2-7,10-11,13,16,22-23H,8-9,12H2,1H3,(H,21,26)/p+1/t13-,16+/m0/s1. The average molecular weight is 383 g/mol. The number of fused-ring (bicyclic) bond motifs is 1. The molecule has 0 aliphatic carbocycles. The summed E-state index contributed by atoms with van der Waals surface area (Å²) in [6, 6.07) is 11.9. The molecule has 7 heteroatoms. The van der Waals surface area contributed by atoms with Gasteiger partial charge in [0.25, 0.3) is 5.91 Å². The predicted molar refractivity (Wildman–Crippen MR) is 106 cm³/mol. The number of benzene rings is 1. The highest BCUT2D eigenvalue weighted by molar-refractivity contribution is 7.10. The van der Waals surface area contributed by atoms with E-state index in [0.717, 1.165) is 12.1 Å². The fourth-order valence-electron chi connectivity index (χ4n) is 3.64. The zero-order valence-electron chi connectivity index (χ0n) is 15.1. The summed E-state index contributed by atoms with van der Waals surface area (Å²) < 4.78 is 0. The molecule has 2 atom stereocenters. The van der Waals surface area contributed by atoms with Crippen LogP contribution in [0.15, 0.2) is 48.0 Å². The normalized spacial score (nSPS) is 16.5. The largest absolute Gasteiger partial charge is 0.361 e. The molecule has 1 aromatic carbocycles. The molecule has 0 saturated carbocycles. The van der Waals surface area contributed by atoms with Gasteiger partial charge < -0.3 is 15.6 Å². The molecular weight excluding hydrogens is 360 g/mol. The van der Waals surface area contributed by atoms with Crippen molar-refractivity contribution in [1.82, 2.24) is 15.2 Å². The zero-order chi connectivity index (χ0) is 18.8. The number of aromatic amines is 1. The van der Waals surface area contributed by atoms with Gasteiger partial charge in [-0.1, -0.05) is 24.3 Å². The van der Waals surface area contributed by atoms with Gasteiger partial charge >= 0.3 is 6.03 Å². The fourth-order valence-corrected chi connectivity index (χ4v) is 4.50. The van der Waals surface area contributed by atoms with E-state index in [1.165, 1.54) is 20.7 Å². The lowest BCUT2D eigenvalue weighted by molar-refractivity contribution is -0.675. The highest BCUT2D eigenvalue weighted by Gasteiger charge is 2.32. The molecule has 1 fully saturated rings. The summed E-state index contributed by atoms with van der Waals surface area (Å²) in [5, 5.41) is 8.02. The quantitative estimate of drug-likeness (QED) is 0.607. The molecule has 27 heavy (non-hydrogen) atoms. The van der Waals surface area contributed by atoms with Gasteiger partial charge in [-0.05, 0) is 30.0 Å². The summed E-state index contributed by atoms with van der Waals surface area (Å²) in [7, 11) is 0. The average Bonchev–Trinajstić information content (AvgIpc) is 3.42. The number of carbonyl (C=O) groups is 2. The topological polar surface area (TPSA) is 81.8 Å². The minimum absolute atomic E-state index is 0.131. The molecule has 3 aromatic rings. The number of amides is 3. The lowest BCUT2D eigenvalue weighted by Gasteiger charge is -2.19. The molecule has 4 N–H and O–H groups in total. The number of quaternary nitrogens is 1. The second-order valence-electron chi connectivity index (χ2n) is 6.84. The summed E-state index contributed by atoms with van der Waals surface area (Å²) in [6.07, 6.45) is 2.07. The van der Waals surface area contributed by atoms with Crippen molar-refractivity contribution in [2.45, 2.75) is 18.9 Å². The maximum absolute atomic E-state index is 12.6. The molecule has 1 aliphatic heterocycles. The minimum atomic E-state index is -0.304. The second kappa shape index (κ2) is 7.54.